The molecular weight excluding hydrogens is 356 g/mol. The molecule has 4 nitrogen and oxygen atoms in total. The number of nitrogens with one attached hydrogen (secondary N) is 1. The van der Waals surface area contributed by atoms with E-state index in [4.69, 9.17) is 4.74 Å². The Bertz CT molecular complexity index is 453. The maximum absolute atomic E-state index is 12.0. The van der Waals surface area contributed by atoms with Gasteiger partial charge in [-0.2, -0.15) is 0 Å². The van der Waals surface area contributed by atoms with Gasteiger partial charge in [-0.3, -0.25) is 4.79 Å². The molecule has 0 saturated carbocycles. The average molecular weight is 378 g/mol. The van der Waals surface area contributed by atoms with Crippen molar-refractivity contribution in [2.24, 2.45) is 0 Å². The van der Waals surface area contributed by atoms with E-state index in [-0.39, 0.29) is 18.3 Å². The summed E-state index contributed by atoms with van der Waals surface area (Å²) in [7, 11) is 1.90. The second-order valence-electron chi connectivity index (χ2n) is 5.06. The lowest BCUT2D eigenvalue weighted by Crippen LogP contribution is -2.38. The van der Waals surface area contributed by atoms with E-state index in [0.29, 0.717) is 19.1 Å². The highest BCUT2D eigenvalue weighted by atomic mass is 79.9. The third kappa shape index (κ3) is 5.85. The molecule has 21 heavy (non-hydrogen) atoms. The highest BCUT2D eigenvalue weighted by Crippen LogP contribution is 2.18. The zero-order valence-electron chi connectivity index (χ0n) is 12.2. The van der Waals surface area contributed by atoms with Crippen molar-refractivity contribution >= 4 is 34.2 Å². The monoisotopic (exact) mass is 376 g/mol. The summed E-state index contributed by atoms with van der Waals surface area (Å²) < 4.78 is 6.63. The van der Waals surface area contributed by atoms with Gasteiger partial charge in [0.2, 0.25) is 5.91 Å². The van der Waals surface area contributed by atoms with Crippen LogP contribution in [0.25, 0.3) is 0 Å². The first-order chi connectivity index (χ1) is 9.66. The van der Waals surface area contributed by atoms with Crippen molar-refractivity contribution in [1.29, 1.82) is 0 Å². The lowest BCUT2D eigenvalue weighted by Gasteiger charge is -2.23. The molecule has 1 fully saturated rings. The van der Waals surface area contributed by atoms with E-state index in [9.17, 15) is 4.79 Å². The Morgan fingerprint density at radius 1 is 1.52 bits per heavy atom. The number of amides is 1. The molecule has 0 bridgehead atoms. The minimum atomic E-state index is 0. The quantitative estimate of drug-likeness (QED) is 0.775. The predicted molar refractivity (Wildman–Crippen MR) is 90.2 cm³/mol. The molecule has 1 atom stereocenters. The summed E-state index contributed by atoms with van der Waals surface area (Å²) >= 11 is 3.40. The summed E-state index contributed by atoms with van der Waals surface area (Å²) in [6.45, 7) is 2.49. The lowest BCUT2D eigenvalue weighted by atomic mass is 10.2. The Kier molecular flexibility index (Phi) is 8.07. The van der Waals surface area contributed by atoms with E-state index in [1.165, 1.54) is 0 Å². The number of halogens is 2. The molecule has 0 aliphatic carbocycles. The first-order valence-electron chi connectivity index (χ1n) is 7.01. The number of carbonyl (C=O) groups excluding carboxylic acids is 1. The highest BCUT2D eigenvalue weighted by Gasteiger charge is 2.22. The molecule has 0 spiro atoms. The van der Waals surface area contributed by atoms with Crippen LogP contribution in [0, 0.1) is 0 Å². The van der Waals surface area contributed by atoms with E-state index < -0.39 is 0 Å². The summed E-state index contributed by atoms with van der Waals surface area (Å²) in [4.78, 5) is 13.9. The van der Waals surface area contributed by atoms with Crippen molar-refractivity contribution in [1.82, 2.24) is 10.2 Å². The van der Waals surface area contributed by atoms with E-state index in [0.717, 1.165) is 36.2 Å². The molecule has 1 aliphatic rings. The maximum atomic E-state index is 12.0. The molecule has 0 aromatic heterocycles. The van der Waals surface area contributed by atoms with Gasteiger partial charge in [0.1, 0.15) is 5.75 Å². The van der Waals surface area contributed by atoms with Gasteiger partial charge in [0.05, 0.1) is 6.61 Å². The fraction of sp³-hybridized carbons (Fsp3) is 0.533. The maximum Gasteiger partial charge on any atom is 0.222 e. The standard InChI is InChI=1S/C15H21BrN2O2.ClH/c1-18(13-7-8-17-11-13)15(19)6-3-9-20-14-5-2-4-12(16)10-14;/h2,4-5,10,13,17H,3,6-9,11H2,1H3;1H. The molecule has 1 aromatic carbocycles. The molecule has 1 aliphatic heterocycles. The van der Waals surface area contributed by atoms with E-state index in [1.807, 2.05) is 36.2 Å². The van der Waals surface area contributed by atoms with Gasteiger partial charge in [0.25, 0.3) is 0 Å². The summed E-state index contributed by atoms with van der Waals surface area (Å²) in [5.74, 6) is 1.04. The Labute approximate surface area is 140 Å². The SMILES string of the molecule is CN(C(=O)CCCOc1cccc(Br)c1)C1CCNC1.Cl. The van der Waals surface area contributed by atoms with E-state index in [2.05, 4.69) is 21.2 Å². The molecule has 1 unspecified atom stereocenters. The van der Waals surface area contributed by atoms with Crippen LogP contribution in [0.15, 0.2) is 28.7 Å². The van der Waals surface area contributed by atoms with Crippen LogP contribution in [0.4, 0.5) is 0 Å². The predicted octanol–water partition coefficient (Wildman–Crippen LogP) is 2.85. The first-order valence-corrected chi connectivity index (χ1v) is 7.81. The smallest absolute Gasteiger partial charge is 0.222 e. The largest absolute Gasteiger partial charge is 0.494 e. The van der Waals surface area contributed by atoms with E-state index in [1.54, 1.807) is 0 Å². The highest BCUT2D eigenvalue weighted by molar-refractivity contribution is 9.10. The van der Waals surface area contributed by atoms with Gasteiger partial charge in [-0.1, -0.05) is 22.0 Å². The lowest BCUT2D eigenvalue weighted by molar-refractivity contribution is -0.131. The second kappa shape index (κ2) is 9.28. The van der Waals surface area contributed by atoms with Crippen LogP contribution in [0.1, 0.15) is 19.3 Å². The van der Waals surface area contributed by atoms with Crippen molar-refractivity contribution < 1.29 is 9.53 Å². The Morgan fingerprint density at radius 2 is 2.33 bits per heavy atom. The van der Waals surface area contributed by atoms with Crippen molar-refractivity contribution in [3.63, 3.8) is 0 Å². The number of rotatable bonds is 6. The number of hydrogen-bond acceptors (Lipinski definition) is 3. The number of ether oxygens (including phenoxy) is 1. The van der Waals surface area contributed by atoms with Gasteiger partial charge in [-0.25, -0.2) is 0 Å². The molecule has 6 heteroatoms. The topological polar surface area (TPSA) is 41.6 Å². The second-order valence-corrected chi connectivity index (χ2v) is 5.98. The molecule has 118 valence electrons. The van der Waals surface area contributed by atoms with Crippen molar-refractivity contribution in [2.75, 3.05) is 26.7 Å². The third-order valence-electron chi connectivity index (χ3n) is 3.58. The average Bonchev–Trinajstić information content (AvgIpc) is 2.96. The Balaban J connectivity index is 0.00000220. The number of benzene rings is 1. The Morgan fingerprint density at radius 3 is 3.00 bits per heavy atom. The summed E-state index contributed by atoms with van der Waals surface area (Å²) in [6, 6.07) is 8.10. The molecular formula is C15H22BrClN2O2. The van der Waals surface area contributed by atoms with Crippen LogP contribution in [-0.4, -0.2) is 43.6 Å². The third-order valence-corrected chi connectivity index (χ3v) is 4.07. The molecule has 0 radical (unpaired) electrons. The van der Waals surface area contributed by atoms with Crippen LogP contribution in [0.2, 0.25) is 0 Å². The van der Waals surface area contributed by atoms with E-state index >= 15 is 0 Å². The zero-order chi connectivity index (χ0) is 14.4. The van der Waals surface area contributed by atoms with Crippen molar-refractivity contribution in [3.05, 3.63) is 28.7 Å². The molecule has 1 saturated heterocycles. The molecule has 1 heterocycles. The summed E-state index contributed by atoms with van der Waals surface area (Å²) in [6.07, 6.45) is 2.34. The molecule has 1 amide bonds. The van der Waals surface area contributed by atoms with Gasteiger partial charge in [0.15, 0.2) is 0 Å². The van der Waals surface area contributed by atoms with Gasteiger partial charge in [-0.15, -0.1) is 12.4 Å². The molecule has 1 N–H and O–H groups in total. The number of likely N-dealkylation sites (N-methyl/N-ethyl adjacent to an activating group) is 1. The Hall–Kier alpha value is -0.780. The minimum Gasteiger partial charge on any atom is -0.494 e. The van der Waals surface area contributed by atoms with Crippen LogP contribution < -0.4 is 10.1 Å². The summed E-state index contributed by atoms with van der Waals surface area (Å²) in [5.41, 5.74) is 0. The van der Waals surface area contributed by atoms with Crippen LogP contribution >= 0.6 is 28.3 Å². The fourth-order valence-corrected chi connectivity index (χ4v) is 2.70. The molecule has 2 rings (SSSR count). The first kappa shape index (κ1) is 18.3. The van der Waals surface area contributed by atoms with Crippen molar-refractivity contribution in [3.8, 4) is 5.75 Å². The fourth-order valence-electron chi connectivity index (χ4n) is 2.32. The van der Waals surface area contributed by atoms with Crippen molar-refractivity contribution in [2.45, 2.75) is 25.3 Å². The number of carbonyl (C=O) groups is 1. The minimum absolute atomic E-state index is 0. The normalized spacial score (nSPS) is 17.1. The van der Waals surface area contributed by atoms with Crippen LogP contribution in [0.3, 0.4) is 0 Å². The van der Waals surface area contributed by atoms with Crippen LogP contribution in [-0.2, 0) is 4.79 Å². The van der Waals surface area contributed by atoms with Crippen LogP contribution in [0.5, 0.6) is 5.75 Å². The number of nitrogens with zero attached hydrogens (tertiary/aromatic N) is 1. The van der Waals surface area contributed by atoms with Gasteiger partial charge >= 0.3 is 0 Å². The summed E-state index contributed by atoms with van der Waals surface area (Å²) in [5, 5.41) is 3.28. The zero-order valence-corrected chi connectivity index (χ0v) is 14.6. The van der Waals surface area contributed by atoms with Gasteiger partial charge in [0, 0.05) is 30.5 Å². The van der Waals surface area contributed by atoms with Gasteiger partial charge in [-0.05, 0) is 37.6 Å². The number of hydrogen-bond donors (Lipinski definition) is 1. The van der Waals surface area contributed by atoms with Gasteiger partial charge < -0.3 is 15.0 Å². The molecule has 1 aromatic rings.